The summed E-state index contributed by atoms with van der Waals surface area (Å²) in [6.07, 6.45) is 3.64. The summed E-state index contributed by atoms with van der Waals surface area (Å²) < 4.78 is 18.4. The number of hydrogen-bond acceptors (Lipinski definition) is 5. The third-order valence-electron chi connectivity index (χ3n) is 3.70. The highest BCUT2D eigenvalue weighted by Crippen LogP contribution is 2.23. The van der Waals surface area contributed by atoms with E-state index in [2.05, 4.69) is 20.1 Å². The van der Waals surface area contributed by atoms with Crippen LogP contribution in [0.25, 0.3) is 11.3 Å². The Kier molecular flexibility index (Phi) is 5.68. The summed E-state index contributed by atoms with van der Waals surface area (Å²) in [5.74, 6) is -0.245. The van der Waals surface area contributed by atoms with Gasteiger partial charge < -0.3 is 4.74 Å². The van der Waals surface area contributed by atoms with Crippen LogP contribution >= 0.6 is 11.3 Å². The molecule has 3 aromatic rings. The maximum absolute atomic E-state index is 13.1. The second-order valence-corrected chi connectivity index (χ2v) is 6.39. The second kappa shape index (κ2) is 8.14. The Labute approximate surface area is 144 Å². The van der Waals surface area contributed by atoms with Crippen molar-refractivity contribution >= 4 is 11.3 Å². The van der Waals surface area contributed by atoms with Gasteiger partial charge in [0.05, 0.1) is 25.0 Å². The largest absolute Gasteiger partial charge is 0.383 e. The van der Waals surface area contributed by atoms with Gasteiger partial charge in [-0.3, -0.25) is 10.00 Å². The van der Waals surface area contributed by atoms with Crippen LogP contribution in [0.3, 0.4) is 0 Å². The lowest BCUT2D eigenvalue weighted by molar-refractivity contribution is 0.140. The van der Waals surface area contributed by atoms with Gasteiger partial charge in [0.2, 0.25) is 0 Å². The lowest BCUT2D eigenvalue weighted by Crippen LogP contribution is -2.26. The van der Waals surface area contributed by atoms with Gasteiger partial charge in [-0.15, -0.1) is 11.3 Å². The zero-order valence-corrected chi connectivity index (χ0v) is 14.2. The fourth-order valence-corrected chi connectivity index (χ4v) is 3.15. The number of benzene rings is 1. The van der Waals surface area contributed by atoms with E-state index in [-0.39, 0.29) is 5.82 Å². The molecule has 0 radical (unpaired) electrons. The average molecular weight is 346 g/mol. The summed E-state index contributed by atoms with van der Waals surface area (Å²) in [6, 6.07) is 6.43. The van der Waals surface area contributed by atoms with Crippen LogP contribution in [-0.2, 0) is 17.8 Å². The molecule has 2 aromatic heterocycles. The molecule has 2 heterocycles. The Hall–Kier alpha value is -2.09. The number of rotatable bonds is 8. The van der Waals surface area contributed by atoms with E-state index in [0.29, 0.717) is 13.2 Å². The molecule has 0 bridgehead atoms. The van der Waals surface area contributed by atoms with E-state index < -0.39 is 0 Å². The Bertz CT molecular complexity index is 742. The van der Waals surface area contributed by atoms with Crippen molar-refractivity contribution in [3.63, 3.8) is 0 Å². The molecule has 0 aliphatic carbocycles. The number of aromatic amines is 1. The Balaban J connectivity index is 1.77. The Morgan fingerprint density at radius 3 is 2.79 bits per heavy atom. The van der Waals surface area contributed by atoms with E-state index in [1.165, 1.54) is 12.1 Å². The highest BCUT2D eigenvalue weighted by atomic mass is 32.1. The highest BCUT2D eigenvalue weighted by molar-refractivity contribution is 7.09. The van der Waals surface area contributed by atoms with E-state index in [9.17, 15) is 4.39 Å². The van der Waals surface area contributed by atoms with Gasteiger partial charge in [0, 0.05) is 42.9 Å². The molecule has 1 N–H and O–H groups in total. The molecule has 0 spiro atoms. The van der Waals surface area contributed by atoms with E-state index in [1.54, 1.807) is 30.6 Å². The SMILES string of the molecule is COCCN(Cc1nccs1)Cc1cn[nH]c1-c1ccc(F)cc1. The summed E-state index contributed by atoms with van der Waals surface area (Å²) in [4.78, 5) is 6.62. The van der Waals surface area contributed by atoms with Crippen molar-refractivity contribution in [2.45, 2.75) is 13.1 Å². The van der Waals surface area contributed by atoms with Crippen molar-refractivity contribution in [1.82, 2.24) is 20.1 Å². The van der Waals surface area contributed by atoms with Crippen LogP contribution in [-0.4, -0.2) is 40.3 Å². The van der Waals surface area contributed by atoms with Crippen molar-refractivity contribution in [2.24, 2.45) is 0 Å². The first kappa shape index (κ1) is 16.8. The third kappa shape index (κ3) is 4.25. The number of halogens is 1. The lowest BCUT2D eigenvalue weighted by Gasteiger charge is -2.20. The first-order valence-electron chi connectivity index (χ1n) is 7.64. The van der Waals surface area contributed by atoms with Crippen LogP contribution < -0.4 is 0 Å². The van der Waals surface area contributed by atoms with Crippen LogP contribution in [0.1, 0.15) is 10.6 Å². The molecule has 0 fully saturated rings. The van der Waals surface area contributed by atoms with Gasteiger partial charge in [0.25, 0.3) is 0 Å². The van der Waals surface area contributed by atoms with Crippen molar-refractivity contribution in [3.8, 4) is 11.3 Å². The third-order valence-corrected chi connectivity index (χ3v) is 4.46. The first-order chi connectivity index (χ1) is 11.8. The molecule has 0 unspecified atom stereocenters. The predicted octanol–water partition coefficient (Wildman–Crippen LogP) is 3.32. The lowest BCUT2D eigenvalue weighted by atomic mass is 10.1. The monoisotopic (exact) mass is 346 g/mol. The molecule has 0 atom stereocenters. The van der Waals surface area contributed by atoms with E-state index in [1.807, 2.05) is 17.8 Å². The summed E-state index contributed by atoms with van der Waals surface area (Å²) in [7, 11) is 1.70. The van der Waals surface area contributed by atoms with Crippen molar-refractivity contribution in [1.29, 1.82) is 0 Å². The molecule has 1 aromatic carbocycles. The molecule has 24 heavy (non-hydrogen) atoms. The minimum atomic E-state index is -0.245. The molecular formula is C17H19FN4OS. The van der Waals surface area contributed by atoms with Gasteiger partial charge in [-0.05, 0) is 24.3 Å². The smallest absolute Gasteiger partial charge is 0.123 e. The number of H-pyrrole nitrogens is 1. The average Bonchev–Trinajstić information content (AvgIpc) is 3.25. The molecule has 5 nitrogen and oxygen atoms in total. The molecule has 0 aliphatic rings. The Morgan fingerprint density at radius 2 is 2.08 bits per heavy atom. The first-order valence-corrected chi connectivity index (χ1v) is 8.52. The molecule has 0 saturated heterocycles. The molecule has 126 valence electrons. The summed E-state index contributed by atoms with van der Waals surface area (Å²) in [6.45, 7) is 2.92. The van der Waals surface area contributed by atoms with Crippen LogP contribution in [0.15, 0.2) is 42.0 Å². The summed E-state index contributed by atoms with van der Waals surface area (Å²) in [5.41, 5.74) is 2.90. The number of ether oxygens (including phenoxy) is 1. The van der Waals surface area contributed by atoms with Gasteiger partial charge in [0.15, 0.2) is 0 Å². The number of nitrogens with zero attached hydrogens (tertiary/aromatic N) is 3. The van der Waals surface area contributed by atoms with Gasteiger partial charge in [-0.1, -0.05) is 0 Å². The van der Waals surface area contributed by atoms with Crippen LogP contribution in [0.2, 0.25) is 0 Å². The molecule has 7 heteroatoms. The molecule has 0 amide bonds. The molecular weight excluding hydrogens is 327 g/mol. The minimum absolute atomic E-state index is 0.245. The fourth-order valence-electron chi connectivity index (χ4n) is 2.50. The van der Waals surface area contributed by atoms with Crippen LogP contribution in [0.4, 0.5) is 4.39 Å². The van der Waals surface area contributed by atoms with Gasteiger partial charge in [0.1, 0.15) is 10.8 Å². The van der Waals surface area contributed by atoms with E-state index in [4.69, 9.17) is 4.74 Å². The van der Waals surface area contributed by atoms with Crippen molar-refractivity contribution in [3.05, 3.63) is 58.4 Å². The van der Waals surface area contributed by atoms with Crippen LogP contribution in [0.5, 0.6) is 0 Å². The topological polar surface area (TPSA) is 54.0 Å². The summed E-state index contributed by atoms with van der Waals surface area (Å²) in [5, 5.41) is 10.2. The van der Waals surface area contributed by atoms with Gasteiger partial charge in [-0.2, -0.15) is 5.10 Å². The van der Waals surface area contributed by atoms with E-state index in [0.717, 1.165) is 34.9 Å². The van der Waals surface area contributed by atoms with E-state index >= 15 is 0 Å². The number of hydrogen-bond donors (Lipinski definition) is 1. The summed E-state index contributed by atoms with van der Waals surface area (Å²) >= 11 is 1.64. The highest BCUT2D eigenvalue weighted by Gasteiger charge is 2.14. The predicted molar refractivity (Wildman–Crippen MR) is 92.1 cm³/mol. The number of methoxy groups -OCH3 is 1. The number of aromatic nitrogens is 3. The standard InChI is InChI=1S/C17H19FN4OS/c1-23-8-7-22(12-16-19-6-9-24-16)11-14-10-20-21-17(14)13-2-4-15(18)5-3-13/h2-6,9-10H,7-8,11-12H2,1H3,(H,20,21). The van der Waals surface area contributed by atoms with Crippen molar-refractivity contribution in [2.75, 3.05) is 20.3 Å². The normalized spacial score (nSPS) is 11.3. The molecule has 3 rings (SSSR count). The number of thiazole rings is 1. The zero-order chi connectivity index (χ0) is 16.8. The molecule has 0 aliphatic heterocycles. The fraction of sp³-hybridized carbons (Fsp3) is 0.294. The van der Waals surface area contributed by atoms with Crippen molar-refractivity contribution < 1.29 is 9.13 Å². The molecule has 0 saturated carbocycles. The van der Waals surface area contributed by atoms with Crippen LogP contribution in [0, 0.1) is 5.82 Å². The second-order valence-electron chi connectivity index (χ2n) is 5.41. The Morgan fingerprint density at radius 1 is 1.25 bits per heavy atom. The maximum atomic E-state index is 13.1. The minimum Gasteiger partial charge on any atom is -0.383 e. The number of nitrogens with one attached hydrogen (secondary N) is 1. The van der Waals surface area contributed by atoms with Gasteiger partial charge in [-0.25, -0.2) is 9.37 Å². The zero-order valence-electron chi connectivity index (χ0n) is 13.4. The maximum Gasteiger partial charge on any atom is 0.123 e. The van der Waals surface area contributed by atoms with Gasteiger partial charge >= 0.3 is 0 Å². The quantitative estimate of drug-likeness (QED) is 0.680.